The lowest BCUT2D eigenvalue weighted by atomic mass is 10.0. The molecule has 0 aliphatic heterocycles. The van der Waals surface area contributed by atoms with Crippen molar-refractivity contribution in [2.24, 2.45) is 0 Å². The lowest BCUT2D eigenvalue weighted by Gasteiger charge is -2.17. The molecule has 0 saturated heterocycles. The molecule has 9 heteroatoms. The van der Waals surface area contributed by atoms with Gasteiger partial charge >= 0.3 is 0 Å². The van der Waals surface area contributed by atoms with Crippen LogP contribution >= 0.6 is 23.4 Å². The standard InChI is InChI=1S/C16H12Cl2N2O5/c17-12-5-7-13(8-6-12)25-15(16(22)19-18)11-3-1-10(2-4-11)14(21)9-20(23)24/h1-8,15H,9H2,(H,19,22). The minimum atomic E-state index is -1.07. The van der Waals surface area contributed by atoms with Crippen LogP contribution in [0.2, 0.25) is 5.02 Å². The molecule has 0 aliphatic rings. The Bertz CT molecular complexity index is 778. The summed E-state index contributed by atoms with van der Waals surface area (Å²) in [5.74, 6) is -0.849. The molecule has 2 aromatic rings. The summed E-state index contributed by atoms with van der Waals surface area (Å²) in [5, 5.41) is 10.9. The molecule has 2 rings (SSSR count). The maximum absolute atomic E-state index is 12.0. The van der Waals surface area contributed by atoms with Crippen LogP contribution in [0.15, 0.2) is 48.5 Å². The van der Waals surface area contributed by atoms with Gasteiger partial charge in [0.15, 0.2) is 0 Å². The fourth-order valence-corrected chi connectivity index (χ4v) is 2.25. The monoisotopic (exact) mass is 382 g/mol. The first-order chi connectivity index (χ1) is 11.9. The van der Waals surface area contributed by atoms with Gasteiger partial charge in [-0.25, -0.2) is 0 Å². The van der Waals surface area contributed by atoms with Crippen LogP contribution in [0.25, 0.3) is 0 Å². The number of amides is 1. The van der Waals surface area contributed by atoms with E-state index in [2.05, 4.69) is 0 Å². The van der Waals surface area contributed by atoms with Crippen molar-refractivity contribution < 1.29 is 19.2 Å². The molecule has 2 aromatic carbocycles. The van der Waals surface area contributed by atoms with Crippen molar-refractivity contribution in [3.05, 3.63) is 74.8 Å². The first-order valence-electron chi connectivity index (χ1n) is 6.98. The van der Waals surface area contributed by atoms with E-state index in [1.807, 2.05) is 4.84 Å². The lowest BCUT2D eigenvalue weighted by Crippen LogP contribution is -2.26. The molecule has 0 spiro atoms. The Hall–Kier alpha value is -2.64. The lowest BCUT2D eigenvalue weighted by molar-refractivity contribution is -0.465. The van der Waals surface area contributed by atoms with Gasteiger partial charge in [0, 0.05) is 32.8 Å². The van der Waals surface area contributed by atoms with Crippen LogP contribution in [0.5, 0.6) is 5.75 Å². The maximum Gasteiger partial charge on any atom is 0.280 e. The molecule has 25 heavy (non-hydrogen) atoms. The zero-order valence-corrected chi connectivity index (χ0v) is 14.2. The van der Waals surface area contributed by atoms with Crippen molar-refractivity contribution >= 4 is 35.1 Å². The van der Waals surface area contributed by atoms with Crippen LogP contribution < -0.4 is 9.57 Å². The predicted octanol–water partition coefficient (Wildman–Crippen LogP) is 3.19. The number of ketones is 1. The predicted molar refractivity (Wildman–Crippen MR) is 91.5 cm³/mol. The van der Waals surface area contributed by atoms with Crippen LogP contribution in [-0.4, -0.2) is 23.2 Å². The molecular weight excluding hydrogens is 371 g/mol. The van der Waals surface area contributed by atoms with E-state index in [1.54, 1.807) is 24.3 Å². The number of nitro groups is 1. The number of Topliss-reactive ketones (excluding diaryl/α,β-unsaturated/α-hetero) is 1. The molecule has 0 aromatic heterocycles. The average molecular weight is 383 g/mol. The highest BCUT2D eigenvalue weighted by Crippen LogP contribution is 2.24. The Kier molecular flexibility index (Phi) is 6.32. The van der Waals surface area contributed by atoms with Crippen molar-refractivity contribution in [3.63, 3.8) is 0 Å². The SMILES string of the molecule is O=C(C[N+](=O)[O-])c1ccc(C(Oc2ccc(Cl)cc2)C(=O)NCl)cc1. The van der Waals surface area contributed by atoms with Crippen molar-refractivity contribution in [2.75, 3.05) is 6.54 Å². The minimum absolute atomic E-state index is 0.164. The van der Waals surface area contributed by atoms with Crippen LogP contribution in [0, 0.1) is 10.1 Å². The number of hydrogen-bond donors (Lipinski definition) is 1. The number of carbonyl (C=O) groups excluding carboxylic acids is 2. The molecule has 1 N–H and O–H groups in total. The van der Waals surface area contributed by atoms with E-state index in [0.717, 1.165) is 0 Å². The summed E-state index contributed by atoms with van der Waals surface area (Å²) >= 11 is 11.2. The van der Waals surface area contributed by atoms with Gasteiger partial charge in [-0.2, -0.15) is 0 Å². The van der Waals surface area contributed by atoms with E-state index in [0.29, 0.717) is 16.3 Å². The number of benzene rings is 2. The zero-order chi connectivity index (χ0) is 18.4. The number of halogens is 2. The molecule has 130 valence electrons. The molecule has 1 atom stereocenters. The van der Waals surface area contributed by atoms with Gasteiger partial charge < -0.3 is 4.74 Å². The van der Waals surface area contributed by atoms with Gasteiger partial charge in [0.25, 0.3) is 12.5 Å². The molecule has 1 unspecified atom stereocenters. The fourth-order valence-electron chi connectivity index (χ4n) is 2.02. The summed E-state index contributed by atoms with van der Waals surface area (Å²) in [7, 11) is 0. The van der Waals surface area contributed by atoms with E-state index < -0.39 is 29.3 Å². The van der Waals surface area contributed by atoms with Crippen molar-refractivity contribution in [3.8, 4) is 5.75 Å². The van der Waals surface area contributed by atoms with Gasteiger partial charge in [-0.05, 0) is 24.3 Å². The van der Waals surface area contributed by atoms with Gasteiger partial charge in [-0.15, -0.1) is 0 Å². The summed E-state index contributed by atoms with van der Waals surface area (Å²) in [4.78, 5) is 35.3. The van der Waals surface area contributed by atoms with Crippen LogP contribution in [-0.2, 0) is 4.79 Å². The fraction of sp³-hybridized carbons (Fsp3) is 0.125. The molecule has 0 radical (unpaired) electrons. The summed E-state index contributed by atoms with van der Waals surface area (Å²) < 4.78 is 5.62. The summed E-state index contributed by atoms with van der Waals surface area (Å²) in [6.07, 6.45) is -1.07. The average Bonchev–Trinajstić information content (AvgIpc) is 2.60. The molecule has 0 saturated carbocycles. The zero-order valence-electron chi connectivity index (χ0n) is 12.6. The van der Waals surface area contributed by atoms with E-state index in [1.165, 1.54) is 24.3 Å². The topological polar surface area (TPSA) is 98.5 Å². The van der Waals surface area contributed by atoms with Gasteiger partial charge in [0.1, 0.15) is 5.75 Å². The quantitative estimate of drug-likeness (QED) is 0.343. The number of carbonyl (C=O) groups is 2. The Morgan fingerprint density at radius 1 is 1.12 bits per heavy atom. The highest BCUT2D eigenvalue weighted by molar-refractivity contribution is 6.30. The van der Waals surface area contributed by atoms with Crippen molar-refractivity contribution in [1.29, 1.82) is 0 Å². The minimum Gasteiger partial charge on any atom is -0.476 e. The van der Waals surface area contributed by atoms with E-state index in [4.69, 9.17) is 28.1 Å². The Morgan fingerprint density at radius 3 is 2.24 bits per heavy atom. The highest BCUT2D eigenvalue weighted by atomic mass is 35.5. The molecule has 7 nitrogen and oxygen atoms in total. The second-order valence-corrected chi connectivity index (χ2v) is 5.57. The molecule has 0 heterocycles. The summed E-state index contributed by atoms with van der Waals surface area (Å²) in [5.41, 5.74) is 0.586. The second-order valence-electron chi connectivity index (χ2n) is 4.95. The Morgan fingerprint density at radius 2 is 1.72 bits per heavy atom. The first-order valence-corrected chi connectivity index (χ1v) is 7.74. The third-order valence-electron chi connectivity index (χ3n) is 3.21. The number of ether oxygens (including phenoxy) is 1. The van der Waals surface area contributed by atoms with E-state index >= 15 is 0 Å². The van der Waals surface area contributed by atoms with Gasteiger partial charge in [-0.3, -0.25) is 24.5 Å². The second kappa shape index (κ2) is 8.46. The Labute approximate surface area is 152 Å². The van der Waals surface area contributed by atoms with Gasteiger partial charge in [0.05, 0.1) is 0 Å². The van der Waals surface area contributed by atoms with Crippen LogP contribution in [0.3, 0.4) is 0 Å². The van der Waals surface area contributed by atoms with E-state index in [-0.39, 0.29) is 5.56 Å². The maximum atomic E-state index is 12.0. The number of nitrogens with zero attached hydrogens (tertiary/aromatic N) is 1. The Balaban J connectivity index is 2.22. The number of nitrogens with one attached hydrogen (secondary N) is 1. The normalized spacial score (nSPS) is 11.4. The van der Waals surface area contributed by atoms with Crippen LogP contribution in [0.1, 0.15) is 22.0 Å². The molecule has 0 bridgehead atoms. The third-order valence-corrected chi connectivity index (χ3v) is 3.65. The summed E-state index contributed by atoms with van der Waals surface area (Å²) in [6.45, 7) is -0.799. The molecular formula is C16H12Cl2N2O5. The van der Waals surface area contributed by atoms with Crippen molar-refractivity contribution in [2.45, 2.75) is 6.10 Å². The van der Waals surface area contributed by atoms with E-state index in [9.17, 15) is 19.7 Å². The third kappa shape index (κ3) is 5.17. The van der Waals surface area contributed by atoms with Crippen LogP contribution in [0.4, 0.5) is 0 Å². The van der Waals surface area contributed by atoms with Gasteiger partial charge in [-0.1, -0.05) is 35.9 Å². The van der Waals surface area contributed by atoms with Gasteiger partial charge in [0.2, 0.25) is 11.9 Å². The summed E-state index contributed by atoms with van der Waals surface area (Å²) in [6, 6.07) is 12.1. The van der Waals surface area contributed by atoms with Crippen molar-refractivity contribution in [1.82, 2.24) is 4.84 Å². The largest absolute Gasteiger partial charge is 0.476 e. The molecule has 1 amide bonds. The molecule has 0 fully saturated rings. The smallest absolute Gasteiger partial charge is 0.280 e. The molecule has 0 aliphatic carbocycles. The number of hydrogen-bond acceptors (Lipinski definition) is 5. The highest BCUT2D eigenvalue weighted by Gasteiger charge is 2.23. The first kappa shape index (κ1) is 18.7. The number of rotatable bonds is 7.